The Balaban J connectivity index is 1.79. The fraction of sp³-hybridized carbons (Fsp3) is 0.438. The number of carbonyl (C=O) groups excluding carboxylic acids is 2. The van der Waals surface area contributed by atoms with Gasteiger partial charge >= 0.3 is 0 Å². The van der Waals surface area contributed by atoms with Crippen molar-refractivity contribution in [2.24, 2.45) is 0 Å². The van der Waals surface area contributed by atoms with E-state index in [1.165, 1.54) is 25.4 Å². The molecule has 1 fully saturated rings. The molecular weight excluding hydrogens is 294 g/mol. The van der Waals surface area contributed by atoms with E-state index in [1.807, 2.05) is 15.9 Å². The Kier molecular flexibility index (Phi) is 5.80. The summed E-state index contributed by atoms with van der Waals surface area (Å²) in [4.78, 5) is 35.0. The number of nitriles is 1. The van der Waals surface area contributed by atoms with E-state index >= 15 is 0 Å². The van der Waals surface area contributed by atoms with Gasteiger partial charge in [-0.25, -0.2) is 9.97 Å². The molecule has 0 aliphatic carbocycles. The van der Waals surface area contributed by atoms with Crippen LogP contribution in [0.5, 0.6) is 0 Å². The molecule has 2 rings (SSSR count). The second kappa shape index (κ2) is 8.03. The lowest BCUT2D eigenvalue weighted by Crippen LogP contribution is -2.49. The Labute approximate surface area is 135 Å². The Bertz CT molecular complexity index is 625. The molecule has 7 nitrogen and oxygen atoms in total. The molecule has 2 heterocycles. The lowest BCUT2D eigenvalue weighted by Gasteiger charge is -2.34. The minimum Gasteiger partial charge on any atom is -0.339 e. The first-order valence-electron chi connectivity index (χ1n) is 7.52. The van der Waals surface area contributed by atoms with Crippen molar-refractivity contribution >= 4 is 17.6 Å². The van der Waals surface area contributed by atoms with Gasteiger partial charge < -0.3 is 9.80 Å². The molecule has 0 saturated carbocycles. The zero-order valence-corrected chi connectivity index (χ0v) is 13.1. The average Bonchev–Trinajstić information content (AvgIpc) is 2.58. The molecule has 0 radical (unpaired) electrons. The molecular formula is C16H19N5O2. The fourth-order valence-electron chi connectivity index (χ4n) is 2.31. The molecule has 0 N–H and O–H groups in total. The molecule has 120 valence electrons. The third-order valence-corrected chi connectivity index (χ3v) is 3.56. The lowest BCUT2D eigenvalue weighted by molar-refractivity contribution is -0.131. The number of amides is 1. The maximum absolute atomic E-state index is 12.1. The van der Waals surface area contributed by atoms with Gasteiger partial charge in [0.1, 0.15) is 6.07 Å². The summed E-state index contributed by atoms with van der Waals surface area (Å²) in [6.07, 6.45) is 7.23. The zero-order valence-electron chi connectivity index (χ0n) is 13.1. The first kappa shape index (κ1) is 16.6. The summed E-state index contributed by atoms with van der Waals surface area (Å²) in [6.45, 7) is 4.07. The van der Waals surface area contributed by atoms with Gasteiger partial charge in [-0.2, -0.15) is 5.26 Å². The number of carbonyl (C=O) groups is 2. The predicted molar refractivity (Wildman–Crippen MR) is 84.6 cm³/mol. The van der Waals surface area contributed by atoms with Crippen LogP contribution in [0, 0.1) is 11.3 Å². The van der Waals surface area contributed by atoms with Crippen LogP contribution in [-0.4, -0.2) is 52.7 Å². The van der Waals surface area contributed by atoms with E-state index < -0.39 is 0 Å². The van der Waals surface area contributed by atoms with Crippen LogP contribution >= 0.6 is 0 Å². The molecule has 1 amide bonds. The Morgan fingerprint density at radius 1 is 1.26 bits per heavy atom. The average molecular weight is 313 g/mol. The van der Waals surface area contributed by atoms with Crippen molar-refractivity contribution in [2.75, 3.05) is 31.1 Å². The number of aromatic nitrogens is 2. The SMILES string of the molecule is CC(=O)/C=C/CCC(=O)N1CCN(c2ncc(C#N)cn2)CC1. The summed E-state index contributed by atoms with van der Waals surface area (Å²) in [5.74, 6) is 0.674. The molecule has 1 aromatic heterocycles. The number of piperazine rings is 1. The number of nitrogens with zero attached hydrogens (tertiary/aromatic N) is 5. The third-order valence-electron chi connectivity index (χ3n) is 3.56. The van der Waals surface area contributed by atoms with Crippen molar-refractivity contribution in [1.29, 1.82) is 5.26 Å². The van der Waals surface area contributed by atoms with E-state index in [-0.39, 0.29) is 11.7 Å². The van der Waals surface area contributed by atoms with E-state index in [9.17, 15) is 9.59 Å². The predicted octanol–water partition coefficient (Wildman–Crippen LogP) is 0.922. The molecule has 1 aromatic rings. The van der Waals surface area contributed by atoms with Crippen LogP contribution in [0.15, 0.2) is 24.5 Å². The topological polar surface area (TPSA) is 90.2 Å². The van der Waals surface area contributed by atoms with E-state index in [1.54, 1.807) is 6.08 Å². The van der Waals surface area contributed by atoms with Crippen molar-refractivity contribution in [3.05, 3.63) is 30.1 Å². The molecule has 0 spiro atoms. The summed E-state index contributed by atoms with van der Waals surface area (Å²) in [6, 6.07) is 1.99. The minimum absolute atomic E-state index is 0.00604. The van der Waals surface area contributed by atoms with Gasteiger partial charge in [0, 0.05) is 32.6 Å². The van der Waals surface area contributed by atoms with E-state index in [2.05, 4.69) is 9.97 Å². The maximum Gasteiger partial charge on any atom is 0.225 e. The monoisotopic (exact) mass is 313 g/mol. The second-order valence-corrected chi connectivity index (χ2v) is 5.30. The van der Waals surface area contributed by atoms with Crippen molar-refractivity contribution < 1.29 is 9.59 Å². The van der Waals surface area contributed by atoms with Gasteiger partial charge in [-0.3, -0.25) is 9.59 Å². The van der Waals surface area contributed by atoms with Crippen molar-refractivity contribution in [3.8, 4) is 6.07 Å². The summed E-state index contributed by atoms with van der Waals surface area (Å²) in [5.41, 5.74) is 0.432. The van der Waals surface area contributed by atoms with Crippen molar-refractivity contribution in [2.45, 2.75) is 19.8 Å². The normalized spacial score (nSPS) is 14.8. The highest BCUT2D eigenvalue weighted by molar-refractivity contribution is 5.87. The highest BCUT2D eigenvalue weighted by Crippen LogP contribution is 2.12. The molecule has 7 heteroatoms. The summed E-state index contributed by atoms with van der Waals surface area (Å²) in [5, 5.41) is 8.74. The number of rotatable bonds is 5. The Morgan fingerprint density at radius 3 is 2.48 bits per heavy atom. The number of hydrogen-bond donors (Lipinski definition) is 0. The molecule has 1 aliphatic heterocycles. The second-order valence-electron chi connectivity index (χ2n) is 5.30. The largest absolute Gasteiger partial charge is 0.339 e. The highest BCUT2D eigenvalue weighted by Gasteiger charge is 2.21. The van der Waals surface area contributed by atoms with Crippen LogP contribution < -0.4 is 4.90 Å². The van der Waals surface area contributed by atoms with Crippen LogP contribution in [0.3, 0.4) is 0 Å². The van der Waals surface area contributed by atoms with Gasteiger partial charge in [-0.1, -0.05) is 6.08 Å². The van der Waals surface area contributed by atoms with E-state index in [0.29, 0.717) is 50.5 Å². The zero-order chi connectivity index (χ0) is 16.7. The van der Waals surface area contributed by atoms with Crippen LogP contribution in [0.25, 0.3) is 0 Å². The van der Waals surface area contributed by atoms with Crippen LogP contribution in [0.4, 0.5) is 5.95 Å². The molecule has 0 unspecified atom stereocenters. The summed E-state index contributed by atoms with van der Waals surface area (Å²) >= 11 is 0. The van der Waals surface area contributed by atoms with Crippen molar-refractivity contribution in [3.63, 3.8) is 0 Å². The summed E-state index contributed by atoms with van der Waals surface area (Å²) in [7, 11) is 0. The Morgan fingerprint density at radius 2 is 1.91 bits per heavy atom. The van der Waals surface area contributed by atoms with Crippen LogP contribution in [0.1, 0.15) is 25.3 Å². The van der Waals surface area contributed by atoms with Crippen LogP contribution in [-0.2, 0) is 9.59 Å². The summed E-state index contributed by atoms with van der Waals surface area (Å²) < 4.78 is 0. The lowest BCUT2D eigenvalue weighted by atomic mass is 10.2. The van der Waals surface area contributed by atoms with Gasteiger partial charge in [-0.05, 0) is 19.4 Å². The quantitative estimate of drug-likeness (QED) is 0.751. The number of hydrogen-bond acceptors (Lipinski definition) is 6. The van der Waals surface area contributed by atoms with Gasteiger partial charge in [0.15, 0.2) is 5.78 Å². The molecule has 1 saturated heterocycles. The van der Waals surface area contributed by atoms with Gasteiger partial charge in [0.2, 0.25) is 11.9 Å². The number of anilines is 1. The van der Waals surface area contributed by atoms with Gasteiger partial charge in [0.05, 0.1) is 18.0 Å². The Hall–Kier alpha value is -2.75. The molecule has 0 bridgehead atoms. The number of allylic oxidation sites excluding steroid dienone is 2. The molecule has 0 atom stereocenters. The van der Waals surface area contributed by atoms with E-state index in [0.717, 1.165) is 0 Å². The third kappa shape index (κ3) is 4.88. The van der Waals surface area contributed by atoms with E-state index in [4.69, 9.17) is 5.26 Å². The fourth-order valence-corrected chi connectivity index (χ4v) is 2.31. The highest BCUT2D eigenvalue weighted by atomic mass is 16.2. The smallest absolute Gasteiger partial charge is 0.225 e. The minimum atomic E-state index is -0.00604. The van der Waals surface area contributed by atoms with Crippen LogP contribution in [0.2, 0.25) is 0 Å². The number of ketones is 1. The van der Waals surface area contributed by atoms with Gasteiger partial charge in [-0.15, -0.1) is 0 Å². The van der Waals surface area contributed by atoms with Crippen molar-refractivity contribution in [1.82, 2.24) is 14.9 Å². The molecule has 1 aliphatic rings. The molecule has 23 heavy (non-hydrogen) atoms. The molecule has 0 aromatic carbocycles. The van der Waals surface area contributed by atoms with Gasteiger partial charge in [0.25, 0.3) is 0 Å². The standard InChI is InChI=1S/C16H19N5O2/c1-13(22)4-2-3-5-15(23)20-6-8-21(9-7-20)16-18-11-14(10-17)12-19-16/h2,4,11-12H,3,5-9H2,1H3/b4-2+. The first-order chi connectivity index (χ1) is 11.1. The maximum atomic E-state index is 12.1. The first-order valence-corrected chi connectivity index (χ1v) is 7.52.